The molecule has 0 bridgehead atoms. The molecule has 27 heavy (non-hydrogen) atoms. The van der Waals surface area contributed by atoms with Crippen LogP contribution in [0.3, 0.4) is 0 Å². The van der Waals surface area contributed by atoms with Gasteiger partial charge in [-0.25, -0.2) is 9.97 Å². The molecule has 3 aromatic rings. The fraction of sp³-hybridized carbons (Fsp3) is 0.190. The Bertz CT molecular complexity index is 910. The van der Waals surface area contributed by atoms with E-state index in [-0.39, 0.29) is 5.91 Å². The van der Waals surface area contributed by atoms with E-state index in [1.807, 2.05) is 48.5 Å². The molecule has 138 valence electrons. The molecule has 2 aromatic carbocycles. The Morgan fingerprint density at radius 1 is 1.07 bits per heavy atom. The van der Waals surface area contributed by atoms with Gasteiger partial charge in [-0.3, -0.25) is 4.79 Å². The van der Waals surface area contributed by atoms with Crippen LogP contribution in [0.25, 0.3) is 0 Å². The number of rotatable bonds is 7. The van der Waals surface area contributed by atoms with Gasteiger partial charge in [-0.15, -0.1) is 0 Å². The zero-order chi connectivity index (χ0) is 19.1. The molecule has 0 atom stereocenters. The van der Waals surface area contributed by atoms with Crippen molar-refractivity contribution < 1.29 is 9.53 Å². The number of hydrogen-bond acceptors (Lipinski definition) is 5. The first kappa shape index (κ1) is 18.4. The zero-order valence-corrected chi connectivity index (χ0v) is 15.4. The molecule has 6 nitrogen and oxygen atoms in total. The molecule has 0 aliphatic rings. The number of anilines is 2. The maximum Gasteiger partial charge on any atom is 0.270 e. The fourth-order valence-corrected chi connectivity index (χ4v) is 2.61. The van der Waals surface area contributed by atoms with Gasteiger partial charge >= 0.3 is 0 Å². The third-order valence-electron chi connectivity index (χ3n) is 4.14. The number of carbonyl (C=O) groups excluding carboxylic acids is 1. The van der Waals surface area contributed by atoms with Crippen LogP contribution >= 0.6 is 0 Å². The fourth-order valence-electron chi connectivity index (χ4n) is 2.61. The Morgan fingerprint density at radius 3 is 2.59 bits per heavy atom. The second-order valence-corrected chi connectivity index (χ2v) is 5.94. The monoisotopic (exact) mass is 362 g/mol. The van der Waals surface area contributed by atoms with E-state index in [1.165, 1.54) is 5.56 Å². The van der Waals surface area contributed by atoms with Crippen LogP contribution in [0.1, 0.15) is 28.5 Å². The quantitative estimate of drug-likeness (QED) is 0.670. The molecular weight excluding hydrogens is 340 g/mol. The Kier molecular flexibility index (Phi) is 5.99. The average Bonchev–Trinajstić information content (AvgIpc) is 2.73. The summed E-state index contributed by atoms with van der Waals surface area (Å²) >= 11 is 0. The highest BCUT2D eigenvalue weighted by Gasteiger charge is 2.10. The van der Waals surface area contributed by atoms with E-state index < -0.39 is 0 Å². The molecule has 1 amide bonds. The summed E-state index contributed by atoms with van der Waals surface area (Å²) < 4.78 is 5.30. The number of carbonyl (C=O) groups is 1. The van der Waals surface area contributed by atoms with Crippen molar-refractivity contribution >= 4 is 17.5 Å². The van der Waals surface area contributed by atoms with Gasteiger partial charge in [0.1, 0.15) is 11.4 Å². The molecule has 1 aromatic heterocycles. The van der Waals surface area contributed by atoms with E-state index in [4.69, 9.17) is 4.74 Å². The summed E-state index contributed by atoms with van der Waals surface area (Å²) in [7, 11) is 1.61. The molecule has 1 heterocycles. The summed E-state index contributed by atoms with van der Waals surface area (Å²) in [6.07, 6.45) is 2.55. The van der Waals surface area contributed by atoms with Gasteiger partial charge in [0.15, 0.2) is 0 Å². The maximum absolute atomic E-state index is 12.4. The Hall–Kier alpha value is -3.41. The predicted octanol–water partition coefficient (Wildman–Crippen LogP) is 3.72. The lowest BCUT2D eigenvalue weighted by molar-refractivity contribution is 0.0945. The summed E-state index contributed by atoms with van der Waals surface area (Å²) in [6.45, 7) is 2.47. The van der Waals surface area contributed by atoms with Crippen LogP contribution in [0.15, 0.2) is 60.8 Å². The van der Waals surface area contributed by atoms with Crippen molar-refractivity contribution in [1.29, 1.82) is 0 Å². The van der Waals surface area contributed by atoms with Crippen molar-refractivity contribution in [2.24, 2.45) is 0 Å². The topological polar surface area (TPSA) is 76.1 Å². The molecule has 0 unspecified atom stereocenters. The van der Waals surface area contributed by atoms with Crippen LogP contribution in [-0.4, -0.2) is 23.0 Å². The number of benzene rings is 2. The highest BCUT2D eigenvalue weighted by atomic mass is 16.5. The number of methoxy groups -OCH3 is 1. The van der Waals surface area contributed by atoms with E-state index in [0.29, 0.717) is 18.2 Å². The Balaban J connectivity index is 1.66. The van der Waals surface area contributed by atoms with Gasteiger partial charge in [0.2, 0.25) is 5.95 Å². The van der Waals surface area contributed by atoms with Crippen LogP contribution in [0.5, 0.6) is 5.75 Å². The minimum Gasteiger partial charge on any atom is -0.496 e. The standard InChI is InChI=1S/C21H22N4O2/c1-3-15-8-10-17(11-9-15)24-21-22-13-12-18(25-21)20(26)23-14-16-6-4-5-7-19(16)27-2/h4-13H,3,14H2,1-2H3,(H,23,26)(H,22,24,25). The highest BCUT2D eigenvalue weighted by molar-refractivity contribution is 5.92. The zero-order valence-electron chi connectivity index (χ0n) is 15.4. The van der Waals surface area contributed by atoms with E-state index >= 15 is 0 Å². The highest BCUT2D eigenvalue weighted by Crippen LogP contribution is 2.17. The molecule has 0 saturated carbocycles. The van der Waals surface area contributed by atoms with E-state index in [9.17, 15) is 4.79 Å². The average molecular weight is 362 g/mol. The van der Waals surface area contributed by atoms with Gasteiger partial charge in [-0.05, 0) is 36.2 Å². The first-order valence-electron chi connectivity index (χ1n) is 8.78. The van der Waals surface area contributed by atoms with Gasteiger partial charge in [0.05, 0.1) is 7.11 Å². The number of nitrogens with one attached hydrogen (secondary N) is 2. The molecule has 0 saturated heterocycles. The third-order valence-corrected chi connectivity index (χ3v) is 4.14. The number of aromatic nitrogens is 2. The van der Waals surface area contributed by atoms with Crippen molar-refractivity contribution in [3.8, 4) is 5.75 Å². The van der Waals surface area contributed by atoms with Crippen molar-refractivity contribution in [2.75, 3.05) is 12.4 Å². The summed E-state index contributed by atoms with van der Waals surface area (Å²) in [5, 5.41) is 5.98. The van der Waals surface area contributed by atoms with Gasteiger partial charge < -0.3 is 15.4 Å². The molecule has 0 spiro atoms. The number of ether oxygens (including phenoxy) is 1. The number of hydrogen-bond donors (Lipinski definition) is 2. The normalized spacial score (nSPS) is 10.3. The van der Waals surface area contributed by atoms with Crippen LogP contribution < -0.4 is 15.4 Å². The second kappa shape index (κ2) is 8.80. The lowest BCUT2D eigenvalue weighted by Gasteiger charge is -2.10. The number of amides is 1. The summed E-state index contributed by atoms with van der Waals surface area (Å²) in [5.41, 5.74) is 3.33. The smallest absolute Gasteiger partial charge is 0.270 e. The summed E-state index contributed by atoms with van der Waals surface area (Å²) in [6, 6.07) is 17.2. The maximum atomic E-state index is 12.4. The Labute approximate surface area is 158 Å². The largest absolute Gasteiger partial charge is 0.496 e. The van der Waals surface area contributed by atoms with Gasteiger partial charge in [-0.1, -0.05) is 37.3 Å². The number of aryl methyl sites for hydroxylation is 1. The van der Waals surface area contributed by atoms with Crippen molar-refractivity contribution in [2.45, 2.75) is 19.9 Å². The number of nitrogens with zero attached hydrogens (tertiary/aromatic N) is 2. The minimum absolute atomic E-state index is 0.271. The van der Waals surface area contributed by atoms with Gasteiger partial charge in [0.25, 0.3) is 5.91 Å². The third kappa shape index (κ3) is 4.82. The molecule has 0 aliphatic heterocycles. The molecule has 6 heteroatoms. The van der Waals surface area contributed by atoms with Crippen LogP contribution in [0.4, 0.5) is 11.6 Å². The van der Waals surface area contributed by atoms with Gasteiger partial charge in [-0.2, -0.15) is 0 Å². The Morgan fingerprint density at radius 2 is 1.85 bits per heavy atom. The van der Waals surface area contributed by atoms with Crippen LogP contribution in [-0.2, 0) is 13.0 Å². The summed E-state index contributed by atoms with van der Waals surface area (Å²) in [4.78, 5) is 20.9. The molecule has 0 radical (unpaired) electrons. The SMILES string of the molecule is CCc1ccc(Nc2nccc(C(=O)NCc3ccccc3OC)n2)cc1. The van der Waals surface area contributed by atoms with Crippen LogP contribution in [0, 0.1) is 0 Å². The molecule has 0 fully saturated rings. The molecule has 0 aliphatic carbocycles. The van der Waals surface area contributed by atoms with Crippen molar-refractivity contribution in [3.63, 3.8) is 0 Å². The minimum atomic E-state index is -0.271. The lowest BCUT2D eigenvalue weighted by Crippen LogP contribution is -2.24. The predicted molar refractivity (Wildman–Crippen MR) is 105 cm³/mol. The van der Waals surface area contributed by atoms with Crippen molar-refractivity contribution in [1.82, 2.24) is 15.3 Å². The second-order valence-electron chi connectivity index (χ2n) is 5.94. The van der Waals surface area contributed by atoms with E-state index in [2.05, 4.69) is 27.5 Å². The van der Waals surface area contributed by atoms with E-state index in [0.717, 1.165) is 23.4 Å². The first-order chi connectivity index (χ1) is 13.2. The van der Waals surface area contributed by atoms with Gasteiger partial charge in [0, 0.05) is 24.0 Å². The van der Waals surface area contributed by atoms with Crippen molar-refractivity contribution in [3.05, 3.63) is 77.6 Å². The molecule has 3 rings (SSSR count). The lowest BCUT2D eigenvalue weighted by atomic mass is 10.1. The molecular formula is C21H22N4O2. The number of para-hydroxylation sites is 1. The first-order valence-corrected chi connectivity index (χ1v) is 8.78. The molecule has 2 N–H and O–H groups in total. The van der Waals surface area contributed by atoms with E-state index in [1.54, 1.807) is 19.4 Å². The van der Waals surface area contributed by atoms with Crippen LogP contribution in [0.2, 0.25) is 0 Å². The summed E-state index contributed by atoms with van der Waals surface area (Å²) in [5.74, 6) is 0.843.